The molecule has 0 atom stereocenters. The molecule has 1 heterocycles. The first-order valence-electron chi connectivity index (χ1n) is 4.16. The minimum atomic E-state index is 0. The lowest BCUT2D eigenvalue weighted by atomic mass is 10.4. The Morgan fingerprint density at radius 3 is 2.58 bits per heavy atom. The topological polar surface area (TPSA) is 87.0 Å². The molecule has 0 aromatic heterocycles. The van der Waals surface area contributed by atoms with Gasteiger partial charge in [-0.05, 0) is 44.4 Å². The van der Waals surface area contributed by atoms with E-state index in [0.29, 0.717) is 6.54 Å². The number of azide groups is 1. The molecule has 1 fully saturated rings. The van der Waals surface area contributed by atoms with Crippen molar-refractivity contribution >= 4 is 0 Å². The minimum Gasteiger partial charge on any atom is -0.344 e. The molecule has 5 heteroatoms. The van der Waals surface area contributed by atoms with Crippen molar-refractivity contribution in [2.75, 3.05) is 26.2 Å². The molecule has 0 radical (unpaired) electrons. The van der Waals surface area contributed by atoms with Crippen molar-refractivity contribution in [1.82, 2.24) is 11.1 Å². The number of rotatable bonds is 4. The predicted octanol–water partition coefficient (Wildman–Crippen LogP) is 1.94. The van der Waals surface area contributed by atoms with Crippen molar-refractivity contribution < 1.29 is 0 Å². The molecule has 1 rings (SSSR count). The fourth-order valence-corrected chi connectivity index (χ4v) is 1.42. The summed E-state index contributed by atoms with van der Waals surface area (Å²) in [5, 5.41) is 3.49. The van der Waals surface area contributed by atoms with Crippen LogP contribution in [-0.2, 0) is 0 Å². The van der Waals surface area contributed by atoms with E-state index in [2.05, 4.69) is 14.9 Å². The van der Waals surface area contributed by atoms with Gasteiger partial charge in [-0.3, -0.25) is 0 Å². The van der Waals surface area contributed by atoms with Crippen LogP contribution in [0.3, 0.4) is 0 Å². The quantitative estimate of drug-likeness (QED) is 0.303. The van der Waals surface area contributed by atoms with Crippen molar-refractivity contribution in [2.24, 2.45) is 5.11 Å². The van der Waals surface area contributed by atoms with Gasteiger partial charge in [0.05, 0.1) is 0 Å². The van der Waals surface area contributed by atoms with Crippen molar-refractivity contribution in [1.29, 1.82) is 0 Å². The molecule has 0 amide bonds. The van der Waals surface area contributed by atoms with Gasteiger partial charge in [-0.2, -0.15) is 0 Å². The average molecular weight is 171 g/mol. The van der Waals surface area contributed by atoms with Crippen LogP contribution in [0.1, 0.15) is 19.3 Å². The van der Waals surface area contributed by atoms with Crippen molar-refractivity contribution in [3.05, 3.63) is 10.4 Å². The van der Waals surface area contributed by atoms with Crippen molar-refractivity contribution in [3.8, 4) is 0 Å². The van der Waals surface area contributed by atoms with Gasteiger partial charge in [0.2, 0.25) is 0 Å². The van der Waals surface area contributed by atoms with Crippen LogP contribution in [0.25, 0.3) is 10.4 Å². The van der Waals surface area contributed by atoms with E-state index in [1.165, 1.54) is 25.9 Å². The lowest BCUT2D eigenvalue weighted by molar-refractivity contribution is 0.336. The molecular weight excluding hydrogens is 154 g/mol. The summed E-state index contributed by atoms with van der Waals surface area (Å²) in [4.78, 5) is 5.13. The Labute approximate surface area is 73.0 Å². The first kappa shape index (κ1) is 11.2. The van der Waals surface area contributed by atoms with E-state index in [9.17, 15) is 0 Å². The largest absolute Gasteiger partial charge is 0.344 e. The molecule has 0 spiro atoms. The molecular formula is C7H17N5. The van der Waals surface area contributed by atoms with Crippen LogP contribution < -0.4 is 6.15 Å². The highest BCUT2D eigenvalue weighted by Crippen LogP contribution is 2.06. The van der Waals surface area contributed by atoms with Crippen LogP contribution in [-0.4, -0.2) is 31.1 Å². The van der Waals surface area contributed by atoms with E-state index >= 15 is 0 Å². The van der Waals surface area contributed by atoms with E-state index in [1.807, 2.05) is 0 Å². The SMILES string of the molecule is N.[N-]=[N+]=NCCCN1CCCC1. The number of nitrogens with zero attached hydrogens (tertiary/aromatic N) is 4. The first-order chi connectivity index (χ1) is 5.43. The molecule has 5 nitrogen and oxygen atoms in total. The van der Waals surface area contributed by atoms with Crippen molar-refractivity contribution in [3.63, 3.8) is 0 Å². The summed E-state index contributed by atoms with van der Waals surface area (Å²) in [5.41, 5.74) is 8.00. The van der Waals surface area contributed by atoms with Gasteiger partial charge in [0.25, 0.3) is 0 Å². The highest BCUT2D eigenvalue weighted by Gasteiger charge is 2.09. The highest BCUT2D eigenvalue weighted by atomic mass is 15.2. The van der Waals surface area contributed by atoms with Gasteiger partial charge in [0, 0.05) is 11.5 Å². The highest BCUT2D eigenvalue weighted by molar-refractivity contribution is 4.65. The van der Waals surface area contributed by atoms with E-state index < -0.39 is 0 Å². The smallest absolute Gasteiger partial charge is 0.0270 e. The number of hydrogen-bond donors (Lipinski definition) is 1. The molecule has 0 aliphatic carbocycles. The number of likely N-dealkylation sites (tertiary alicyclic amines) is 1. The Balaban J connectivity index is 0.00000121. The fourth-order valence-electron chi connectivity index (χ4n) is 1.42. The summed E-state index contributed by atoms with van der Waals surface area (Å²) in [7, 11) is 0. The normalized spacial score (nSPS) is 16.7. The van der Waals surface area contributed by atoms with Crippen LogP contribution in [0.5, 0.6) is 0 Å². The second-order valence-corrected chi connectivity index (χ2v) is 2.86. The Hall–Kier alpha value is -0.770. The summed E-state index contributed by atoms with van der Waals surface area (Å²) in [5.74, 6) is 0. The van der Waals surface area contributed by atoms with Gasteiger partial charge in [-0.25, -0.2) is 0 Å². The average Bonchev–Trinajstić information content (AvgIpc) is 2.50. The Morgan fingerprint density at radius 2 is 2.00 bits per heavy atom. The van der Waals surface area contributed by atoms with Crippen LogP contribution in [0.4, 0.5) is 0 Å². The molecule has 1 aliphatic heterocycles. The maximum Gasteiger partial charge on any atom is 0.0270 e. The third-order valence-electron chi connectivity index (χ3n) is 1.99. The third-order valence-corrected chi connectivity index (χ3v) is 1.99. The van der Waals surface area contributed by atoms with Gasteiger partial charge in [-0.1, -0.05) is 5.11 Å². The second-order valence-electron chi connectivity index (χ2n) is 2.86. The monoisotopic (exact) mass is 171 g/mol. The predicted molar refractivity (Wildman–Crippen MR) is 49.3 cm³/mol. The molecule has 0 aromatic carbocycles. The van der Waals surface area contributed by atoms with Gasteiger partial charge in [-0.15, -0.1) is 0 Å². The Kier molecular flexibility index (Phi) is 6.47. The zero-order valence-electron chi connectivity index (χ0n) is 7.45. The molecule has 0 unspecified atom stereocenters. The molecule has 1 saturated heterocycles. The lowest BCUT2D eigenvalue weighted by Gasteiger charge is -2.12. The van der Waals surface area contributed by atoms with E-state index in [4.69, 9.17) is 5.53 Å². The third kappa shape index (κ3) is 4.18. The summed E-state index contributed by atoms with van der Waals surface area (Å²) in [6.07, 6.45) is 3.67. The molecule has 3 N–H and O–H groups in total. The van der Waals surface area contributed by atoms with E-state index in [0.717, 1.165) is 13.0 Å². The van der Waals surface area contributed by atoms with Crippen LogP contribution in [0.15, 0.2) is 5.11 Å². The second kappa shape index (κ2) is 6.91. The van der Waals surface area contributed by atoms with Gasteiger partial charge >= 0.3 is 0 Å². The molecule has 12 heavy (non-hydrogen) atoms. The Morgan fingerprint density at radius 1 is 1.33 bits per heavy atom. The summed E-state index contributed by atoms with van der Waals surface area (Å²) in [6.45, 7) is 4.21. The molecule has 70 valence electrons. The first-order valence-corrected chi connectivity index (χ1v) is 4.16. The van der Waals surface area contributed by atoms with Crippen LogP contribution in [0, 0.1) is 0 Å². The number of hydrogen-bond acceptors (Lipinski definition) is 3. The molecule has 0 aromatic rings. The minimum absolute atomic E-state index is 0. The standard InChI is InChI=1S/C7H14N4.H3N/c8-10-9-4-3-7-11-5-1-2-6-11;/h1-7H2;1H3. The maximum atomic E-state index is 8.00. The van der Waals surface area contributed by atoms with Gasteiger partial charge < -0.3 is 11.1 Å². The molecule has 1 aliphatic rings. The fraction of sp³-hybridized carbons (Fsp3) is 1.00. The summed E-state index contributed by atoms with van der Waals surface area (Å²) in [6, 6.07) is 0. The maximum absolute atomic E-state index is 8.00. The summed E-state index contributed by atoms with van der Waals surface area (Å²) >= 11 is 0. The van der Waals surface area contributed by atoms with Gasteiger partial charge in [0.15, 0.2) is 0 Å². The van der Waals surface area contributed by atoms with Crippen LogP contribution in [0.2, 0.25) is 0 Å². The van der Waals surface area contributed by atoms with Crippen LogP contribution >= 0.6 is 0 Å². The molecule has 0 saturated carbocycles. The van der Waals surface area contributed by atoms with Gasteiger partial charge in [0.1, 0.15) is 0 Å². The zero-order valence-corrected chi connectivity index (χ0v) is 7.45. The van der Waals surface area contributed by atoms with E-state index in [1.54, 1.807) is 0 Å². The summed E-state index contributed by atoms with van der Waals surface area (Å²) < 4.78 is 0. The Bertz CT molecular complexity index is 146. The molecule has 0 bridgehead atoms. The zero-order chi connectivity index (χ0) is 7.94. The van der Waals surface area contributed by atoms with Crippen molar-refractivity contribution in [2.45, 2.75) is 19.3 Å². The van der Waals surface area contributed by atoms with E-state index in [-0.39, 0.29) is 6.15 Å². The lowest BCUT2D eigenvalue weighted by Crippen LogP contribution is -2.20.